The van der Waals surface area contributed by atoms with Gasteiger partial charge in [0.2, 0.25) is 5.88 Å². The number of hydrogen-bond acceptors (Lipinski definition) is 4. The molecule has 1 atom stereocenters. The van der Waals surface area contributed by atoms with Crippen LogP contribution in [0, 0.1) is 0 Å². The van der Waals surface area contributed by atoms with E-state index in [4.69, 9.17) is 10.5 Å². The summed E-state index contributed by atoms with van der Waals surface area (Å²) in [6.07, 6.45) is 4.67. The molecule has 2 rings (SSSR count). The predicted octanol–water partition coefficient (Wildman–Crippen LogP) is 2.50. The van der Waals surface area contributed by atoms with Crippen molar-refractivity contribution in [2.75, 3.05) is 5.73 Å². The predicted molar refractivity (Wildman–Crippen MR) is 63.4 cm³/mol. The Morgan fingerprint density at radius 2 is 2.25 bits per heavy atom. The highest BCUT2D eigenvalue weighted by Gasteiger charge is 2.27. The molecule has 1 saturated carbocycles. The average Bonchev–Trinajstić information content (AvgIpc) is 2.99. The van der Waals surface area contributed by atoms with Crippen molar-refractivity contribution in [3.05, 3.63) is 11.9 Å². The highest BCUT2D eigenvalue weighted by atomic mass is 16.5. The Bertz CT molecular complexity index is 363. The largest absolute Gasteiger partial charge is 0.475 e. The molecule has 16 heavy (non-hydrogen) atoms. The van der Waals surface area contributed by atoms with Crippen LogP contribution in [0.1, 0.15) is 51.3 Å². The minimum absolute atomic E-state index is 0.186. The van der Waals surface area contributed by atoms with E-state index in [1.165, 1.54) is 12.8 Å². The van der Waals surface area contributed by atoms with Crippen LogP contribution in [0.5, 0.6) is 5.88 Å². The maximum absolute atomic E-state index is 5.74. The van der Waals surface area contributed by atoms with E-state index in [1.807, 2.05) is 0 Å². The number of nitrogens with zero attached hydrogens (tertiary/aromatic N) is 2. The first-order valence-electron chi connectivity index (χ1n) is 6.00. The summed E-state index contributed by atoms with van der Waals surface area (Å²) in [5.41, 5.74) is 5.74. The summed E-state index contributed by atoms with van der Waals surface area (Å²) in [5.74, 6) is 2.48. The maximum atomic E-state index is 5.74. The van der Waals surface area contributed by atoms with Crippen LogP contribution in [-0.4, -0.2) is 16.1 Å². The van der Waals surface area contributed by atoms with Gasteiger partial charge in [0.15, 0.2) is 0 Å². The Morgan fingerprint density at radius 3 is 2.88 bits per heavy atom. The minimum atomic E-state index is 0.186. The van der Waals surface area contributed by atoms with Crippen LogP contribution < -0.4 is 10.5 Å². The van der Waals surface area contributed by atoms with Crippen molar-refractivity contribution in [1.29, 1.82) is 0 Å². The van der Waals surface area contributed by atoms with E-state index in [9.17, 15) is 0 Å². The third kappa shape index (κ3) is 2.84. The van der Waals surface area contributed by atoms with Gasteiger partial charge >= 0.3 is 0 Å². The van der Waals surface area contributed by atoms with Gasteiger partial charge in [0.1, 0.15) is 11.6 Å². The lowest BCUT2D eigenvalue weighted by molar-refractivity contribution is 0.200. The molecule has 1 fully saturated rings. The Hall–Kier alpha value is -1.32. The number of nitrogen functional groups attached to an aromatic ring is 1. The summed E-state index contributed by atoms with van der Waals surface area (Å²) in [4.78, 5) is 8.64. The average molecular weight is 221 g/mol. The second-order valence-electron chi connectivity index (χ2n) is 4.48. The first-order valence-corrected chi connectivity index (χ1v) is 6.00. The second-order valence-corrected chi connectivity index (χ2v) is 4.48. The van der Waals surface area contributed by atoms with Crippen molar-refractivity contribution in [3.63, 3.8) is 0 Å². The van der Waals surface area contributed by atoms with E-state index in [0.717, 1.165) is 18.7 Å². The molecule has 0 amide bonds. The molecule has 0 aromatic carbocycles. The monoisotopic (exact) mass is 221 g/mol. The molecule has 0 saturated heterocycles. The summed E-state index contributed by atoms with van der Waals surface area (Å²) < 4.78 is 5.72. The lowest BCUT2D eigenvalue weighted by atomic mass is 10.2. The summed E-state index contributed by atoms with van der Waals surface area (Å²) in [6, 6.07) is 1.71. The quantitative estimate of drug-likeness (QED) is 0.829. The topological polar surface area (TPSA) is 61.0 Å². The van der Waals surface area contributed by atoms with Crippen LogP contribution >= 0.6 is 0 Å². The van der Waals surface area contributed by atoms with Gasteiger partial charge in [-0.2, -0.15) is 4.98 Å². The molecule has 88 valence electrons. The van der Waals surface area contributed by atoms with E-state index in [0.29, 0.717) is 17.6 Å². The lowest BCUT2D eigenvalue weighted by Crippen LogP contribution is -2.13. The fourth-order valence-electron chi connectivity index (χ4n) is 1.72. The highest BCUT2D eigenvalue weighted by Crippen LogP contribution is 2.38. The van der Waals surface area contributed by atoms with Gasteiger partial charge in [0.05, 0.1) is 6.10 Å². The molecule has 1 aromatic rings. The van der Waals surface area contributed by atoms with Gasteiger partial charge in [-0.25, -0.2) is 4.98 Å². The Labute approximate surface area is 96.2 Å². The molecule has 1 aromatic heterocycles. The van der Waals surface area contributed by atoms with Crippen molar-refractivity contribution in [3.8, 4) is 5.88 Å². The van der Waals surface area contributed by atoms with Crippen LogP contribution in [0.4, 0.5) is 5.82 Å². The van der Waals surface area contributed by atoms with Gasteiger partial charge in [-0.15, -0.1) is 0 Å². The van der Waals surface area contributed by atoms with Crippen molar-refractivity contribution in [1.82, 2.24) is 9.97 Å². The molecule has 1 aliphatic carbocycles. The van der Waals surface area contributed by atoms with E-state index in [2.05, 4.69) is 23.8 Å². The fourth-order valence-corrected chi connectivity index (χ4v) is 1.72. The standard InChI is InChI=1S/C12H19N3O/c1-3-4-8(2)16-11-7-10(13)14-12(15-11)9-5-6-9/h7-9H,3-6H2,1-2H3,(H2,13,14,15). The van der Waals surface area contributed by atoms with E-state index >= 15 is 0 Å². The Kier molecular flexibility index (Phi) is 3.27. The molecule has 2 N–H and O–H groups in total. The number of anilines is 1. The smallest absolute Gasteiger partial charge is 0.218 e. The zero-order valence-corrected chi connectivity index (χ0v) is 9.94. The van der Waals surface area contributed by atoms with Crippen LogP contribution in [0.25, 0.3) is 0 Å². The molecule has 0 aliphatic heterocycles. The third-order valence-corrected chi connectivity index (χ3v) is 2.70. The lowest BCUT2D eigenvalue weighted by Gasteiger charge is -2.13. The number of ether oxygens (including phenoxy) is 1. The van der Waals surface area contributed by atoms with Crippen LogP contribution in [0.15, 0.2) is 6.07 Å². The summed E-state index contributed by atoms with van der Waals surface area (Å²) >= 11 is 0. The SMILES string of the molecule is CCCC(C)Oc1cc(N)nc(C2CC2)n1. The van der Waals surface area contributed by atoms with Gasteiger partial charge in [0.25, 0.3) is 0 Å². The van der Waals surface area contributed by atoms with E-state index in [-0.39, 0.29) is 6.10 Å². The summed E-state index contributed by atoms with van der Waals surface area (Å²) in [5, 5.41) is 0. The molecule has 0 spiro atoms. The number of nitrogens with two attached hydrogens (primary N) is 1. The zero-order chi connectivity index (χ0) is 11.5. The van der Waals surface area contributed by atoms with Gasteiger partial charge < -0.3 is 10.5 Å². The Morgan fingerprint density at radius 1 is 1.50 bits per heavy atom. The normalized spacial score (nSPS) is 17.1. The van der Waals surface area contributed by atoms with Crippen molar-refractivity contribution in [2.45, 2.75) is 51.6 Å². The zero-order valence-electron chi connectivity index (χ0n) is 9.94. The first-order chi connectivity index (χ1) is 7.69. The minimum Gasteiger partial charge on any atom is -0.475 e. The van der Waals surface area contributed by atoms with Gasteiger partial charge in [0, 0.05) is 12.0 Å². The highest BCUT2D eigenvalue weighted by molar-refractivity contribution is 5.34. The summed E-state index contributed by atoms with van der Waals surface area (Å²) in [6.45, 7) is 4.20. The first kappa shape index (κ1) is 11.2. The van der Waals surface area contributed by atoms with Crippen LogP contribution in [0.2, 0.25) is 0 Å². The molecular weight excluding hydrogens is 202 g/mol. The van der Waals surface area contributed by atoms with E-state index < -0.39 is 0 Å². The van der Waals surface area contributed by atoms with Crippen LogP contribution in [-0.2, 0) is 0 Å². The third-order valence-electron chi connectivity index (χ3n) is 2.70. The van der Waals surface area contributed by atoms with Crippen molar-refractivity contribution >= 4 is 5.82 Å². The number of hydrogen-bond donors (Lipinski definition) is 1. The van der Waals surface area contributed by atoms with Gasteiger partial charge in [-0.1, -0.05) is 13.3 Å². The molecular formula is C12H19N3O. The molecule has 0 bridgehead atoms. The van der Waals surface area contributed by atoms with Gasteiger partial charge in [-0.05, 0) is 26.2 Å². The second kappa shape index (κ2) is 4.68. The molecule has 4 nitrogen and oxygen atoms in total. The fraction of sp³-hybridized carbons (Fsp3) is 0.667. The molecule has 0 radical (unpaired) electrons. The molecule has 1 heterocycles. The molecule has 1 unspecified atom stereocenters. The van der Waals surface area contributed by atoms with Crippen LogP contribution in [0.3, 0.4) is 0 Å². The summed E-state index contributed by atoms with van der Waals surface area (Å²) in [7, 11) is 0. The van der Waals surface area contributed by atoms with Gasteiger partial charge in [-0.3, -0.25) is 0 Å². The van der Waals surface area contributed by atoms with Crippen molar-refractivity contribution in [2.24, 2.45) is 0 Å². The maximum Gasteiger partial charge on any atom is 0.218 e. The van der Waals surface area contributed by atoms with E-state index in [1.54, 1.807) is 6.07 Å². The Balaban J connectivity index is 2.07. The molecule has 1 aliphatic rings. The number of aromatic nitrogens is 2. The molecule has 4 heteroatoms. The van der Waals surface area contributed by atoms with Crippen molar-refractivity contribution < 1.29 is 4.74 Å². The number of rotatable bonds is 5.